The van der Waals surface area contributed by atoms with Crippen molar-refractivity contribution in [1.29, 1.82) is 0 Å². The Balaban J connectivity index is 2.06. The summed E-state index contributed by atoms with van der Waals surface area (Å²) in [6.45, 7) is 8.46. The molecule has 0 saturated carbocycles. The van der Waals surface area contributed by atoms with Crippen molar-refractivity contribution in [3.63, 3.8) is 0 Å². The summed E-state index contributed by atoms with van der Waals surface area (Å²) in [5.74, 6) is -0.629. The van der Waals surface area contributed by atoms with Crippen LogP contribution in [0, 0.1) is 6.92 Å². The van der Waals surface area contributed by atoms with Crippen molar-refractivity contribution in [1.82, 2.24) is 15.1 Å². The first-order valence-electron chi connectivity index (χ1n) is 8.64. The van der Waals surface area contributed by atoms with Crippen molar-refractivity contribution in [3.05, 3.63) is 59.0 Å². The lowest BCUT2D eigenvalue weighted by atomic mass is 9.84. The highest BCUT2D eigenvalue weighted by atomic mass is 16.5. The van der Waals surface area contributed by atoms with E-state index in [9.17, 15) is 9.59 Å². The van der Waals surface area contributed by atoms with Crippen molar-refractivity contribution in [3.8, 4) is 0 Å². The maximum atomic E-state index is 13.1. The fourth-order valence-corrected chi connectivity index (χ4v) is 3.14. The molecule has 0 aliphatic carbocycles. The number of benzene rings is 1. The summed E-state index contributed by atoms with van der Waals surface area (Å²) in [5.41, 5.74) is 3.08. The van der Waals surface area contributed by atoms with Crippen LogP contribution < -0.4 is 0 Å². The Hall–Kier alpha value is -2.89. The van der Waals surface area contributed by atoms with Crippen LogP contribution in [-0.4, -0.2) is 40.1 Å². The molecule has 6 heteroatoms. The summed E-state index contributed by atoms with van der Waals surface area (Å²) in [6.07, 6.45) is 3.29. The Bertz CT molecular complexity index is 863. The molecule has 6 nitrogen and oxygen atoms in total. The first-order valence-corrected chi connectivity index (χ1v) is 8.64. The predicted octanol–water partition coefficient (Wildman–Crippen LogP) is 3.06. The number of aromatic nitrogens is 2. The van der Waals surface area contributed by atoms with Crippen molar-refractivity contribution in [2.75, 3.05) is 13.2 Å². The van der Waals surface area contributed by atoms with Crippen molar-refractivity contribution in [2.45, 2.75) is 33.1 Å². The normalized spacial score (nSPS) is 15.7. The number of aromatic amines is 1. The van der Waals surface area contributed by atoms with Crippen LogP contribution in [0.1, 0.15) is 48.0 Å². The molecule has 0 bridgehead atoms. The molecule has 3 rings (SSSR count). The lowest BCUT2D eigenvalue weighted by Gasteiger charge is -2.28. The van der Waals surface area contributed by atoms with Crippen LogP contribution in [0.5, 0.6) is 0 Å². The fraction of sp³-hybridized carbons (Fsp3) is 0.350. The number of rotatable bonds is 3. The second-order valence-corrected chi connectivity index (χ2v) is 7.10. The smallest absolute Gasteiger partial charge is 0.341 e. The molecule has 2 heterocycles. The molecule has 0 spiro atoms. The van der Waals surface area contributed by atoms with Gasteiger partial charge in [0.25, 0.3) is 5.91 Å². The summed E-state index contributed by atoms with van der Waals surface area (Å²) >= 11 is 0. The number of esters is 1. The highest BCUT2D eigenvalue weighted by molar-refractivity contribution is 6.17. The van der Waals surface area contributed by atoms with Gasteiger partial charge in [-0.2, -0.15) is 5.10 Å². The van der Waals surface area contributed by atoms with Gasteiger partial charge >= 0.3 is 5.97 Å². The molecule has 1 aliphatic rings. The Morgan fingerprint density at radius 2 is 1.96 bits per heavy atom. The van der Waals surface area contributed by atoms with Gasteiger partial charge in [-0.15, -0.1) is 0 Å². The molecule has 0 saturated heterocycles. The number of amides is 1. The highest BCUT2D eigenvalue weighted by Crippen LogP contribution is 2.34. The maximum Gasteiger partial charge on any atom is 0.341 e. The van der Waals surface area contributed by atoms with E-state index in [-0.39, 0.29) is 17.9 Å². The summed E-state index contributed by atoms with van der Waals surface area (Å²) in [5, 5.41) is 6.99. The molecule has 1 N–H and O–H groups in total. The van der Waals surface area contributed by atoms with Crippen LogP contribution in [0.25, 0.3) is 5.57 Å². The number of fused-ring (bicyclic) bond motifs is 1. The molecule has 0 radical (unpaired) electrons. The minimum atomic E-state index is -0.475. The Kier molecular flexibility index (Phi) is 4.68. The molecule has 0 fully saturated rings. The second-order valence-electron chi connectivity index (χ2n) is 7.10. The Morgan fingerprint density at radius 3 is 2.62 bits per heavy atom. The third-order valence-corrected chi connectivity index (χ3v) is 4.54. The number of aryl methyl sites for hydroxylation is 1. The predicted molar refractivity (Wildman–Crippen MR) is 98.4 cm³/mol. The maximum absolute atomic E-state index is 13.1. The van der Waals surface area contributed by atoms with Crippen LogP contribution >= 0.6 is 0 Å². The minimum Gasteiger partial charge on any atom is -0.462 e. The molecule has 1 aromatic carbocycles. The molecule has 1 aromatic heterocycles. The lowest BCUT2D eigenvalue weighted by Crippen LogP contribution is -2.36. The number of ether oxygens (including phenoxy) is 1. The van der Waals surface area contributed by atoms with Gasteiger partial charge < -0.3 is 9.64 Å². The van der Waals surface area contributed by atoms with E-state index < -0.39 is 5.97 Å². The fourth-order valence-electron chi connectivity index (χ4n) is 3.14. The molecule has 136 valence electrons. The van der Waals surface area contributed by atoms with Crippen LogP contribution in [0.3, 0.4) is 0 Å². The number of nitrogens with zero attached hydrogens (tertiary/aromatic N) is 2. The van der Waals surface area contributed by atoms with Crippen LogP contribution in [0.2, 0.25) is 0 Å². The zero-order chi connectivity index (χ0) is 18.9. The molecule has 1 aliphatic heterocycles. The zero-order valence-corrected chi connectivity index (χ0v) is 15.5. The molecule has 0 atom stereocenters. The first-order chi connectivity index (χ1) is 12.3. The second kappa shape index (κ2) is 6.78. The third kappa shape index (κ3) is 3.27. The molecular weight excluding hydrogens is 330 g/mol. The van der Waals surface area contributed by atoms with E-state index >= 15 is 0 Å². The third-order valence-electron chi connectivity index (χ3n) is 4.54. The summed E-state index contributed by atoms with van der Waals surface area (Å²) in [4.78, 5) is 27.1. The quantitative estimate of drug-likeness (QED) is 0.861. The van der Waals surface area contributed by atoms with E-state index in [0.29, 0.717) is 23.4 Å². The van der Waals surface area contributed by atoms with Crippen molar-refractivity contribution < 1.29 is 14.3 Å². The van der Waals surface area contributed by atoms with Gasteiger partial charge in [-0.05, 0) is 26.0 Å². The standard InChI is InChI=1S/C20H23N3O3/c1-5-26-19(25)15-11-23(18(24)14-8-6-13(2)7-9-14)12-20(3,4)16-10-21-22-17(15)16/h6-11H,5,12H2,1-4H3,(H,21,22). The van der Waals surface area contributed by atoms with Crippen LogP contribution in [0.15, 0.2) is 36.7 Å². The Morgan fingerprint density at radius 1 is 1.27 bits per heavy atom. The van der Waals surface area contributed by atoms with E-state index in [1.165, 1.54) is 0 Å². The number of hydrogen-bond donors (Lipinski definition) is 1. The minimum absolute atomic E-state index is 0.155. The molecule has 1 amide bonds. The Labute approximate surface area is 152 Å². The molecule has 0 unspecified atom stereocenters. The average molecular weight is 353 g/mol. The average Bonchev–Trinajstić information content (AvgIpc) is 3.05. The number of H-pyrrole nitrogens is 1. The summed E-state index contributed by atoms with van der Waals surface area (Å²) in [6, 6.07) is 7.40. The van der Waals surface area contributed by atoms with Gasteiger partial charge in [-0.3, -0.25) is 9.89 Å². The van der Waals surface area contributed by atoms with Crippen molar-refractivity contribution >= 4 is 17.4 Å². The van der Waals surface area contributed by atoms with E-state index in [1.807, 2.05) is 32.9 Å². The van der Waals surface area contributed by atoms with Gasteiger partial charge in [0.15, 0.2) is 0 Å². The SMILES string of the molecule is CCOC(=O)C1=CN(C(=O)c2ccc(C)cc2)CC(C)(C)c2cn[nH]c21. The van der Waals surface area contributed by atoms with E-state index in [0.717, 1.165) is 11.1 Å². The van der Waals surface area contributed by atoms with Gasteiger partial charge in [0, 0.05) is 29.3 Å². The van der Waals surface area contributed by atoms with Crippen molar-refractivity contribution in [2.24, 2.45) is 0 Å². The van der Waals surface area contributed by atoms with Gasteiger partial charge in [0.05, 0.1) is 18.5 Å². The van der Waals surface area contributed by atoms with Gasteiger partial charge in [-0.1, -0.05) is 31.5 Å². The highest BCUT2D eigenvalue weighted by Gasteiger charge is 2.36. The molecule has 2 aromatic rings. The number of hydrogen-bond acceptors (Lipinski definition) is 4. The van der Waals surface area contributed by atoms with E-state index in [2.05, 4.69) is 10.2 Å². The zero-order valence-electron chi connectivity index (χ0n) is 15.5. The number of carbonyl (C=O) groups is 2. The van der Waals surface area contributed by atoms with E-state index in [1.54, 1.807) is 36.4 Å². The summed E-state index contributed by atoms with van der Waals surface area (Å²) in [7, 11) is 0. The monoisotopic (exact) mass is 353 g/mol. The first kappa shape index (κ1) is 17.9. The van der Waals surface area contributed by atoms with E-state index in [4.69, 9.17) is 4.74 Å². The number of nitrogens with one attached hydrogen (secondary N) is 1. The molecular formula is C20H23N3O3. The van der Waals surface area contributed by atoms with Crippen LogP contribution in [-0.2, 0) is 14.9 Å². The van der Waals surface area contributed by atoms with Gasteiger partial charge in [0.2, 0.25) is 0 Å². The largest absolute Gasteiger partial charge is 0.462 e. The summed E-state index contributed by atoms with van der Waals surface area (Å²) < 4.78 is 5.19. The topological polar surface area (TPSA) is 75.3 Å². The molecule has 26 heavy (non-hydrogen) atoms. The number of carbonyl (C=O) groups excluding carboxylic acids is 2. The van der Waals surface area contributed by atoms with Crippen LogP contribution in [0.4, 0.5) is 0 Å². The van der Waals surface area contributed by atoms with Gasteiger partial charge in [0.1, 0.15) is 5.57 Å². The lowest BCUT2D eigenvalue weighted by molar-refractivity contribution is -0.136. The van der Waals surface area contributed by atoms with Gasteiger partial charge in [-0.25, -0.2) is 4.79 Å².